The zero-order valence-electron chi connectivity index (χ0n) is 14.9. The number of halogens is 1. The summed E-state index contributed by atoms with van der Waals surface area (Å²) in [5, 5.41) is 10.8. The first kappa shape index (κ1) is 18.0. The summed E-state index contributed by atoms with van der Waals surface area (Å²) in [4.78, 5) is 16.0. The first-order valence-electron chi connectivity index (χ1n) is 9.02. The van der Waals surface area contributed by atoms with Gasteiger partial charge in [-0.05, 0) is 41.5 Å². The maximum atomic E-state index is 11.3. The van der Waals surface area contributed by atoms with Crippen LogP contribution < -0.4 is 10.5 Å². The Labute approximate surface area is 162 Å². The van der Waals surface area contributed by atoms with E-state index in [0.717, 1.165) is 49.4 Å². The third-order valence-corrected chi connectivity index (χ3v) is 5.39. The molecule has 1 aromatic heterocycles. The highest BCUT2D eigenvalue weighted by Gasteiger charge is 2.18. The lowest BCUT2D eigenvalue weighted by Crippen LogP contribution is -2.45. The summed E-state index contributed by atoms with van der Waals surface area (Å²) in [6.07, 6.45) is 0. The van der Waals surface area contributed by atoms with Crippen LogP contribution in [-0.2, 0) is 13.2 Å². The molecule has 0 aliphatic carbocycles. The molecule has 2 aromatic carbocycles. The Bertz CT molecular complexity index is 1010. The van der Waals surface area contributed by atoms with Crippen molar-refractivity contribution in [1.82, 2.24) is 4.90 Å². The SMILES string of the molecule is O=c1ccc2cc(CN3CCN(c4ccc(CO)c(Cl)c4)CC3)ccc2o1. The van der Waals surface area contributed by atoms with Gasteiger partial charge in [-0.15, -0.1) is 0 Å². The summed E-state index contributed by atoms with van der Waals surface area (Å²) in [5.74, 6) is 0. The molecule has 1 saturated heterocycles. The molecule has 2 heterocycles. The van der Waals surface area contributed by atoms with E-state index in [4.69, 9.17) is 16.0 Å². The van der Waals surface area contributed by atoms with Crippen LogP contribution in [-0.4, -0.2) is 36.2 Å². The second-order valence-corrected chi connectivity index (χ2v) is 7.23. The fraction of sp³-hybridized carbons (Fsp3) is 0.286. The lowest BCUT2D eigenvalue weighted by Gasteiger charge is -2.36. The molecule has 1 aliphatic heterocycles. The molecule has 4 rings (SSSR count). The van der Waals surface area contributed by atoms with Crippen LogP contribution in [0.5, 0.6) is 0 Å². The highest BCUT2D eigenvalue weighted by Crippen LogP contribution is 2.25. The van der Waals surface area contributed by atoms with Gasteiger partial charge in [0.05, 0.1) is 6.61 Å². The maximum Gasteiger partial charge on any atom is 0.336 e. The van der Waals surface area contributed by atoms with Crippen LogP contribution in [0.25, 0.3) is 11.0 Å². The van der Waals surface area contributed by atoms with E-state index >= 15 is 0 Å². The number of benzene rings is 2. The van der Waals surface area contributed by atoms with Crippen molar-refractivity contribution < 1.29 is 9.52 Å². The van der Waals surface area contributed by atoms with Crippen molar-refractivity contribution >= 4 is 28.3 Å². The molecule has 0 atom stereocenters. The van der Waals surface area contributed by atoms with Crippen molar-refractivity contribution in [3.05, 3.63) is 75.1 Å². The van der Waals surface area contributed by atoms with Crippen molar-refractivity contribution in [2.45, 2.75) is 13.2 Å². The van der Waals surface area contributed by atoms with Gasteiger partial charge in [-0.2, -0.15) is 0 Å². The molecule has 0 spiro atoms. The second kappa shape index (κ2) is 7.72. The van der Waals surface area contributed by atoms with E-state index < -0.39 is 0 Å². The highest BCUT2D eigenvalue weighted by atomic mass is 35.5. The van der Waals surface area contributed by atoms with Gasteiger partial charge in [0.25, 0.3) is 0 Å². The first-order valence-corrected chi connectivity index (χ1v) is 9.39. The predicted molar refractivity (Wildman–Crippen MR) is 107 cm³/mol. The summed E-state index contributed by atoms with van der Waals surface area (Å²) < 4.78 is 5.19. The normalized spacial score (nSPS) is 15.4. The average molecular weight is 385 g/mol. The Morgan fingerprint density at radius 1 is 1.00 bits per heavy atom. The Morgan fingerprint density at radius 2 is 1.81 bits per heavy atom. The van der Waals surface area contributed by atoms with Crippen molar-refractivity contribution in [2.75, 3.05) is 31.1 Å². The van der Waals surface area contributed by atoms with Crippen LogP contribution in [0, 0.1) is 0 Å². The lowest BCUT2D eigenvalue weighted by molar-refractivity contribution is 0.250. The minimum absolute atomic E-state index is 0.0396. The molecule has 0 unspecified atom stereocenters. The molecule has 27 heavy (non-hydrogen) atoms. The van der Waals surface area contributed by atoms with Crippen LogP contribution in [0.1, 0.15) is 11.1 Å². The zero-order chi connectivity index (χ0) is 18.8. The molecule has 1 aliphatic rings. The van der Waals surface area contributed by atoms with Gasteiger partial charge < -0.3 is 14.4 Å². The van der Waals surface area contributed by atoms with E-state index in [-0.39, 0.29) is 12.2 Å². The minimum atomic E-state index is -0.321. The maximum absolute atomic E-state index is 11.3. The zero-order valence-corrected chi connectivity index (χ0v) is 15.7. The molecular formula is C21H21ClN2O3. The summed E-state index contributed by atoms with van der Waals surface area (Å²) in [6, 6.07) is 15.1. The van der Waals surface area contributed by atoms with Gasteiger partial charge in [-0.25, -0.2) is 4.79 Å². The van der Waals surface area contributed by atoms with Gasteiger partial charge >= 0.3 is 5.63 Å². The van der Waals surface area contributed by atoms with Gasteiger partial charge in [0.2, 0.25) is 0 Å². The number of hydrogen-bond donors (Lipinski definition) is 1. The van der Waals surface area contributed by atoms with Crippen molar-refractivity contribution in [3.8, 4) is 0 Å². The predicted octanol–water partition coefficient (Wildman–Crippen LogP) is 3.26. The smallest absolute Gasteiger partial charge is 0.336 e. The van der Waals surface area contributed by atoms with Crippen LogP contribution in [0.3, 0.4) is 0 Å². The molecule has 1 N–H and O–H groups in total. The summed E-state index contributed by atoms with van der Waals surface area (Å²) in [5.41, 5.74) is 3.36. The number of nitrogens with zero attached hydrogens (tertiary/aromatic N) is 2. The summed E-state index contributed by atoms with van der Waals surface area (Å²) in [7, 11) is 0. The van der Waals surface area contributed by atoms with Crippen LogP contribution >= 0.6 is 11.6 Å². The van der Waals surface area contributed by atoms with Gasteiger partial charge in [-0.3, -0.25) is 4.90 Å². The quantitative estimate of drug-likeness (QED) is 0.700. The van der Waals surface area contributed by atoms with Crippen molar-refractivity contribution in [2.24, 2.45) is 0 Å². The van der Waals surface area contributed by atoms with E-state index in [1.165, 1.54) is 11.6 Å². The Balaban J connectivity index is 1.40. The summed E-state index contributed by atoms with van der Waals surface area (Å²) in [6.45, 7) is 4.60. The average Bonchev–Trinajstić information content (AvgIpc) is 2.68. The molecule has 5 nitrogen and oxygen atoms in total. The fourth-order valence-corrected chi connectivity index (χ4v) is 3.74. The molecule has 0 amide bonds. The molecular weight excluding hydrogens is 364 g/mol. The minimum Gasteiger partial charge on any atom is -0.423 e. The molecule has 3 aromatic rings. The molecule has 140 valence electrons. The molecule has 0 saturated carbocycles. The lowest BCUT2D eigenvalue weighted by atomic mass is 10.1. The largest absolute Gasteiger partial charge is 0.423 e. The van der Waals surface area contributed by atoms with E-state index in [1.807, 2.05) is 36.4 Å². The number of anilines is 1. The molecule has 1 fully saturated rings. The summed E-state index contributed by atoms with van der Waals surface area (Å²) >= 11 is 6.22. The Hall–Kier alpha value is -2.34. The third-order valence-electron chi connectivity index (χ3n) is 5.03. The molecule has 6 heteroatoms. The molecule has 0 radical (unpaired) electrons. The van der Waals surface area contributed by atoms with E-state index in [1.54, 1.807) is 0 Å². The van der Waals surface area contributed by atoms with Crippen molar-refractivity contribution in [1.29, 1.82) is 0 Å². The Kier molecular flexibility index (Phi) is 5.16. The number of piperazine rings is 1. The number of fused-ring (bicyclic) bond motifs is 1. The number of aliphatic hydroxyl groups is 1. The fourth-order valence-electron chi connectivity index (χ4n) is 3.50. The van der Waals surface area contributed by atoms with E-state index in [0.29, 0.717) is 10.6 Å². The third kappa shape index (κ3) is 4.00. The van der Waals surface area contributed by atoms with Gasteiger partial charge in [0.15, 0.2) is 0 Å². The first-order chi connectivity index (χ1) is 13.1. The number of rotatable bonds is 4. The topological polar surface area (TPSA) is 56.9 Å². The number of aliphatic hydroxyl groups excluding tert-OH is 1. The van der Waals surface area contributed by atoms with Crippen molar-refractivity contribution in [3.63, 3.8) is 0 Å². The monoisotopic (exact) mass is 384 g/mol. The van der Waals surface area contributed by atoms with Gasteiger partial charge in [-0.1, -0.05) is 23.7 Å². The van der Waals surface area contributed by atoms with Gasteiger partial charge in [0.1, 0.15) is 5.58 Å². The van der Waals surface area contributed by atoms with E-state index in [2.05, 4.69) is 15.9 Å². The highest BCUT2D eigenvalue weighted by molar-refractivity contribution is 6.31. The number of hydrogen-bond acceptors (Lipinski definition) is 5. The standard InChI is InChI=1S/C21H21ClN2O3/c22-19-12-18(4-2-17(19)14-25)24-9-7-23(8-10-24)13-15-1-5-20-16(11-15)3-6-21(26)27-20/h1-6,11-12,25H,7-10,13-14H2. The van der Waals surface area contributed by atoms with Crippen LogP contribution in [0.2, 0.25) is 5.02 Å². The van der Waals surface area contributed by atoms with Gasteiger partial charge in [0, 0.05) is 54.9 Å². The second-order valence-electron chi connectivity index (χ2n) is 6.82. The van der Waals surface area contributed by atoms with Crippen LogP contribution in [0.4, 0.5) is 5.69 Å². The van der Waals surface area contributed by atoms with E-state index in [9.17, 15) is 9.90 Å². The van der Waals surface area contributed by atoms with Crippen LogP contribution in [0.15, 0.2) is 57.7 Å². The Morgan fingerprint density at radius 3 is 2.56 bits per heavy atom. The molecule has 0 bridgehead atoms.